The first kappa shape index (κ1) is 22.4. The lowest BCUT2D eigenvalue weighted by Crippen LogP contribution is -2.57. The number of benzene rings is 1. The molecule has 1 aromatic heterocycles. The Morgan fingerprint density at radius 2 is 1.71 bits per heavy atom. The Labute approximate surface area is 184 Å². The van der Waals surface area contributed by atoms with Gasteiger partial charge in [-0.1, -0.05) is 44.9 Å². The molecule has 2 heterocycles. The molecule has 1 aromatic carbocycles. The number of aromatic nitrogens is 1. The topological polar surface area (TPSA) is 65.5 Å². The Bertz CT molecular complexity index is 978. The number of aryl methyl sites for hydroxylation is 1. The highest BCUT2D eigenvalue weighted by Crippen LogP contribution is 2.24. The third-order valence-corrected chi connectivity index (χ3v) is 5.50. The van der Waals surface area contributed by atoms with E-state index >= 15 is 0 Å². The molecule has 0 aliphatic carbocycles. The molecule has 0 spiro atoms. The van der Waals surface area contributed by atoms with Crippen LogP contribution < -0.4 is 10.2 Å². The zero-order valence-corrected chi connectivity index (χ0v) is 18.7. The second-order valence-corrected chi connectivity index (χ2v) is 8.95. The van der Waals surface area contributed by atoms with Gasteiger partial charge in [-0.25, -0.2) is 9.78 Å². The molecular formula is C25H30N4O2. The Kier molecular flexibility index (Phi) is 6.65. The zero-order chi connectivity index (χ0) is 22.6. The summed E-state index contributed by atoms with van der Waals surface area (Å²) < 4.78 is 0. The first-order valence-corrected chi connectivity index (χ1v) is 10.5. The molecule has 1 aliphatic rings. The molecule has 0 saturated carbocycles. The number of hydrogen-bond donors (Lipinski definition) is 1. The number of pyridine rings is 1. The maximum Gasteiger partial charge on any atom is 0.318 e. The maximum atomic E-state index is 13.2. The zero-order valence-electron chi connectivity index (χ0n) is 18.7. The van der Waals surface area contributed by atoms with Gasteiger partial charge in [-0.3, -0.25) is 4.79 Å². The number of rotatable bonds is 4. The van der Waals surface area contributed by atoms with Crippen LogP contribution in [0.1, 0.15) is 42.4 Å². The summed E-state index contributed by atoms with van der Waals surface area (Å²) in [4.78, 5) is 34.7. The molecule has 0 bridgehead atoms. The van der Waals surface area contributed by atoms with Crippen LogP contribution in [0.15, 0.2) is 42.5 Å². The maximum absolute atomic E-state index is 13.2. The lowest BCUT2D eigenvalue weighted by molar-refractivity contribution is 0.0862. The molecule has 0 unspecified atom stereocenters. The summed E-state index contributed by atoms with van der Waals surface area (Å²) in [7, 11) is 0. The third kappa shape index (κ3) is 5.43. The molecule has 0 radical (unpaired) electrons. The number of amides is 2. The lowest BCUT2D eigenvalue weighted by Gasteiger charge is -2.37. The SMILES string of the molecule is C#Cc1ccc(C(=O)[C@H](NC(=O)N2CCN(c3cccc(C)n3)CC2)C(C)(C)C)cc1. The fraction of sp³-hybridized carbons (Fsp3) is 0.400. The van der Waals surface area contributed by atoms with Gasteiger partial charge in [-0.2, -0.15) is 0 Å². The van der Waals surface area contributed by atoms with Crippen molar-refractivity contribution < 1.29 is 9.59 Å². The molecule has 6 nitrogen and oxygen atoms in total. The number of nitrogens with one attached hydrogen (secondary N) is 1. The van der Waals surface area contributed by atoms with Crippen molar-refractivity contribution in [2.45, 2.75) is 33.7 Å². The predicted molar refractivity (Wildman–Crippen MR) is 123 cm³/mol. The van der Waals surface area contributed by atoms with E-state index in [2.05, 4.69) is 21.1 Å². The fourth-order valence-corrected chi connectivity index (χ4v) is 3.63. The van der Waals surface area contributed by atoms with Gasteiger partial charge >= 0.3 is 6.03 Å². The van der Waals surface area contributed by atoms with E-state index in [1.165, 1.54) is 0 Å². The highest BCUT2D eigenvalue weighted by atomic mass is 16.2. The van der Waals surface area contributed by atoms with Gasteiger partial charge in [0.1, 0.15) is 5.82 Å². The van der Waals surface area contributed by atoms with Crippen molar-refractivity contribution in [1.82, 2.24) is 15.2 Å². The van der Waals surface area contributed by atoms with Crippen LogP contribution in [-0.2, 0) is 0 Å². The molecule has 1 aliphatic heterocycles. The molecule has 3 rings (SSSR count). The lowest BCUT2D eigenvalue weighted by atomic mass is 9.82. The molecule has 1 fully saturated rings. The van der Waals surface area contributed by atoms with Gasteiger partial charge in [0.15, 0.2) is 5.78 Å². The summed E-state index contributed by atoms with van der Waals surface area (Å²) in [6.07, 6.45) is 5.40. The highest BCUT2D eigenvalue weighted by molar-refractivity contribution is 6.02. The van der Waals surface area contributed by atoms with Gasteiger partial charge in [0, 0.05) is 43.0 Å². The minimum Gasteiger partial charge on any atom is -0.353 e. The molecule has 2 aromatic rings. The molecule has 162 valence electrons. The van der Waals surface area contributed by atoms with Crippen molar-refractivity contribution in [3.8, 4) is 12.3 Å². The normalized spacial score (nSPS) is 15.2. The van der Waals surface area contributed by atoms with Crippen LogP contribution in [0.2, 0.25) is 0 Å². The molecule has 1 N–H and O–H groups in total. The van der Waals surface area contributed by atoms with E-state index in [1.54, 1.807) is 29.2 Å². The van der Waals surface area contributed by atoms with E-state index in [0.717, 1.165) is 11.5 Å². The number of terminal acetylenes is 1. The summed E-state index contributed by atoms with van der Waals surface area (Å²) in [6.45, 7) is 10.4. The van der Waals surface area contributed by atoms with Gasteiger partial charge < -0.3 is 15.1 Å². The van der Waals surface area contributed by atoms with Crippen LogP contribution in [0.4, 0.5) is 10.6 Å². The molecule has 6 heteroatoms. The number of anilines is 1. The standard InChI is InChI=1S/C25H30N4O2/c1-6-19-10-12-20(13-11-19)22(30)23(25(3,4)5)27-24(31)29-16-14-28(15-17-29)21-9-7-8-18(2)26-21/h1,7-13,23H,14-17H2,2-5H3,(H,27,31)/t23-/m0/s1. The molecular weight excluding hydrogens is 388 g/mol. The van der Waals surface area contributed by atoms with E-state index in [0.29, 0.717) is 37.3 Å². The van der Waals surface area contributed by atoms with Gasteiger partial charge in [0.2, 0.25) is 0 Å². The average molecular weight is 419 g/mol. The second-order valence-electron chi connectivity index (χ2n) is 8.95. The summed E-state index contributed by atoms with van der Waals surface area (Å²) in [6, 6.07) is 12.0. The van der Waals surface area contributed by atoms with Crippen LogP contribution in [0.3, 0.4) is 0 Å². The number of urea groups is 1. The Morgan fingerprint density at radius 1 is 1.06 bits per heavy atom. The van der Waals surface area contributed by atoms with E-state index in [1.807, 2.05) is 45.9 Å². The number of piperazine rings is 1. The van der Waals surface area contributed by atoms with Crippen molar-refractivity contribution in [3.05, 3.63) is 59.3 Å². The van der Waals surface area contributed by atoms with Gasteiger partial charge in [0.05, 0.1) is 6.04 Å². The van der Waals surface area contributed by atoms with Crippen LogP contribution in [0.25, 0.3) is 0 Å². The van der Waals surface area contributed by atoms with Crippen molar-refractivity contribution in [2.75, 3.05) is 31.1 Å². The summed E-state index contributed by atoms with van der Waals surface area (Å²) >= 11 is 0. The van der Waals surface area contributed by atoms with Crippen LogP contribution >= 0.6 is 0 Å². The van der Waals surface area contributed by atoms with Crippen LogP contribution in [0, 0.1) is 24.7 Å². The van der Waals surface area contributed by atoms with Gasteiger partial charge in [-0.05, 0) is 36.6 Å². The number of nitrogens with zero attached hydrogens (tertiary/aromatic N) is 3. The number of hydrogen-bond acceptors (Lipinski definition) is 4. The Hall–Kier alpha value is -3.33. The van der Waals surface area contributed by atoms with E-state index < -0.39 is 11.5 Å². The number of ketones is 1. The largest absolute Gasteiger partial charge is 0.353 e. The average Bonchev–Trinajstić information content (AvgIpc) is 2.76. The fourth-order valence-electron chi connectivity index (χ4n) is 3.63. The summed E-state index contributed by atoms with van der Waals surface area (Å²) in [5, 5.41) is 2.98. The number of carbonyl (C=O) groups excluding carboxylic acids is 2. The molecule has 2 amide bonds. The van der Waals surface area contributed by atoms with E-state index in [-0.39, 0.29) is 11.8 Å². The van der Waals surface area contributed by atoms with Crippen molar-refractivity contribution in [2.24, 2.45) is 5.41 Å². The minimum atomic E-state index is -0.645. The van der Waals surface area contributed by atoms with Crippen LogP contribution in [0.5, 0.6) is 0 Å². The molecule has 31 heavy (non-hydrogen) atoms. The second kappa shape index (κ2) is 9.22. The van der Waals surface area contributed by atoms with Gasteiger partial charge in [0.25, 0.3) is 0 Å². The van der Waals surface area contributed by atoms with Crippen molar-refractivity contribution in [3.63, 3.8) is 0 Å². The molecule has 1 saturated heterocycles. The minimum absolute atomic E-state index is 0.119. The van der Waals surface area contributed by atoms with Gasteiger partial charge in [-0.15, -0.1) is 6.42 Å². The number of Topliss-reactive ketones (excluding diaryl/α,β-unsaturated/α-hetero) is 1. The van der Waals surface area contributed by atoms with E-state index in [4.69, 9.17) is 6.42 Å². The highest BCUT2D eigenvalue weighted by Gasteiger charge is 2.35. The van der Waals surface area contributed by atoms with Crippen molar-refractivity contribution >= 4 is 17.6 Å². The third-order valence-electron chi connectivity index (χ3n) is 5.50. The monoisotopic (exact) mass is 418 g/mol. The quantitative estimate of drug-likeness (QED) is 0.610. The predicted octanol–water partition coefficient (Wildman–Crippen LogP) is 3.50. The summed E-state index contributed by atoms with van der Waals surface area (Å²) in [5.74, 6) is 3.36. The number of carbonyl (C=O) groups is 2. The van der Waals surface area contributed by atoms with Crippen molar-refractivity contribution in [1.29, 1.82) is 0 Å². The molecule has 1 atom stereocenters. The van der Waals surface area contributed by atoms with Crippen LogP contribution in [-0.4, -0.2) is 53.9 Å². The smallest absolute Gasteiger partial charge is 0.318 e. The first-order valence-electron chi connectivity index (χ1n) is 10.5. The Balaban J connectivity index is 1.66. The summed E-state index contributed by atoms with van der Waals surface area (Å²) in [5.41, 5.74) is 1.79. The Morgan fingerprint density at radius 3 is 2.26 bits per heavy atom. The first-order chi connectivity index (χ1) is 14.7. The van der Waals surface area contributed by atoms with E-state index in [9.17, 15) is 9.59 Å².